The smallest absolute Gasteiger partial charge is 0.167 e. The molecule has 4 heteroatoms. The molecule has 1 aliphatic rings. The Kier molecular flexibility index (Phi) is 6.23. The number of hydrogen-bond acceptors (Lipinski definition) is 0. The van der Waals surface area contributed by atoms with Crippen LogP contribution < -0.4 is 0 Å². The molecule has 0 radical (unpaired) electrons. The highest BCUT2D eigenvalue weighted by molar-refractivity contribution is 5.79. The van der Waals surface area contributed by atoms with Gasteiger partial charge in [-0.25, -0.2) is 17.6 Å². The van der Waals surface area contributed by atoms with Crippen LogP contribution >= 0.6 is 0 Å². The molecule has 0 saturated carbocycles. The molecule has 1 aliphatic carbocycles. The van der Waals surface area contributed by atoms with Gasteiger partial charge in [0.05, 0.1) is 0 Å². The monoisotopic (exact) mass is 378 g/mol. The minimum Gasteiger partial charge on any atom is -0.203 e. The van der Waals surface area contributed by atoms with Gasteiger partial charge in [-0.15, -0.1) is 0 Å². The average Bonchev–Trinajstić information content (AvgIpc) is 3.01. The van der Waals surface area contributed by atoms with Crippen molar-refractivity contribution in [1.82, 2.24) is 0 Å². The summed E-state index contributed by atoms with van der Waals surface area (Å²) in [5.41, 5.74) is 1.54. The molecule has 0 atom stereocenters. The van der Waals surface area contributed by atoms with E-state index in [-0.39, 0.29) is 11.1 Å². The van der Waals surface area contributed by atoms with E-state index < -0.39 is 23.3 Å². The van der Waals surface area contributed by atoms with Crippen molar-refractivity contribution in [3.8, 4) is 11.1 Å². The molecule has 2 aromatic rings. The SMILES string of the molecule is CCCCCCCc1cc2c(c(F)c1F)-c1c(cc(CCC)c(F)c1F)C2. The summed E-state index contributed by atoms with van der Waals surface area (Å²) in [4.78, 5) is 0. The van der Waals surface area contributed by atoms with Crippen molar-refractivity contribution in [2.45, 2.75) is 71.6 Å². The van der Waals surface area contributed by atoms with Gasteiger partial charge in [0.2, 0.25) is 0 Å². The zero-order chi connectivity index (χ0) is 19.6. The summed E-state index contributed by atoms with van der Waals surface area (Å²) in [7, 11) is 0. The second kappa shape index (κ2) is 8.45. The second-order valence-electron chi connectivity index (χ2n) is 7.49. The third-order valence-corrected chi connectivity index (χ3v) is 5.43. The Morgan fingerprint density at radius 3 is 1.67 bits per heavy atom. The van der Waals surface area contributed by atoms with Crippen LogP contribution in [0.2, 0.25) is 0 Å². The Balaban J connectivity index is 1.93. The van der Waals surface area contributed by atoms with Gasteiger partial charge in [0.25, 0.3) is 0 Å². The zero-order valence-electron chi connectivity index (χ0n) is 16.0. The van der Waals surface area contributed by atoms with Crippen LogP contribution in [0.4, 0.5) is 17.6 Å². The third kappa shape index (κ3) is 3.76. The van der Waals surface area contributed by atoms with Crippen molar-refractivity contribution in [3.63, 3.8) is 0 Å². The van der Waals surface area contributed by atoms with Crippen LogP contribution in [-0.4, -0.2) is 0 Å². The summed E-state index contributed by atoms with van der Waals surface area (Å²) < 4.78 is 58.3. The number of fused-ring (bicyclic) bond motifs is 3. The average molecular weight is 378 g/mol. The van der Waals surface area contributed by atoms with E-state index in [1.54, 1.807) is 12.1 Å². The molecule has 27 heavy (non-hydrogen) atoms. The lowest BCUT2D eigenvalue weighted by Gasteiger charge is -2.11. The highest BCUT2D eigenvalue weighted by atomic mass is 19.2. The summed E-state index contributed by atoms with van der Waals surface area (Å²) >= 11 is 0. The molecule has 0 nitrogen and oxygen atoms in total. The molecular formula is C23H26F4. The van der Waals surface area contributed by atoms with E-state index in [9.17, 15) is 17.6 Å². The van der Waals surface area contributed by atoms with Crippen molar-refractivity contribution in [3.05, 3.63) is 57.7 Å². The lowest BCUT2D eigenvalue weighted by Crippen LogP contribution is -2.01. The van der Waals surface area contributed by atoms with E-state index in [4.69, 9.17) is 0 Å². The van der Waals surface area contributed by atoms with Gasteiger partial charge >= 0.3 is 0 Å². The number of aryl methyl sites for hydroxylation is 2. The Morgan fingerprint density at radius 1 is 0.630 bits per heavy atom. The van der Waals surface area contributed by atoms with Gasteiger partial charge in [-0.05, 0) is 47.9 Å². The number of rotatable bonds is 8. The van der Waals surface area contributed by atoms with Gasteiger partial charge in [0.15, 0.2) is 23.3 Å². The van der Waals surface area contributed by atoms with Crippen molar-refractivity contribution in [1.29, 1.82) is 0 Å². The highest BCUT2D eigenvalue weighted by Gasteiger charge is 2.31. The zero-order valence-corrected chi connectivity index (χ0v) is 16.0. The minimum atomic E-state index is -1.06. The maximum atomic E-state index is 14.8. The highest BCUT2D eigenvalue weighted by Crippen LogP contribution is 2.43. The van der Waals surface area contributed by atoms with Crippen LogP contribution in [0.25, 0.3) is 11.1 Å². The maximum absolute atomic E-state index is 14.8. The topological polar surface area (TPSA) is 0 Å². The van der Waals surface area contributed by atoms with E-state index in [1.807, 2.05) is 6.92 Å². The van der Waals surface area contributed by atoms with Gasteiger partial charge in [0, 0.05) is 11.1 Å². The summed E-state index contributed by atoms with van der Waals surface area (Å²) in [5.74, 6) is -3.96. The lowest BCUT2D eigenvalue weighted by atomic mass is 9.97. The van der Waals surface area contributed by atoms with E-state index in [0.29, 0.717) is 47.9 Å². The van der Waals surface area contributed by atoms with Crippen molar-refractivity contribution < 1.29 is 17.6 Å². The van der Waals surface area contributed by atoms with E-state index in [2.05, 4.69) is 6.92 Å². The molecule has 0 saturated heterocycles. The van der Waals surface area contributed by atoms with Gasteiger partial charge in [0.1, 0.15) is 0 Å². The predicted octanol–water partition coefficient (Wildman–Crippen LogP) is 7.28. The van der Waals surface area contributed by atoms with E-state index in [0.717, 1.165) is 32.1 Å². The van der Waals surface area contributed by atoms with Crippen molar-refractivity contribution in [2.75, 3.05) is 0 Å². The Hall–Kier alpha value is -1.84. The first-order valence-corrected chi connectivity index (χ1v) is 9.99. The maximum Gasteiger partial charge on any atom is 0.167 e. The molecule has 0 heterocycles. The van der Waals surface area contributed by atoms with Crippen LogP contribution in [0.3, 0.4) is 0 Å². The molecule has 0 spiro atoms. The van der Waals surface area contributed by atoms with Crippen LogP contribution in [0.5, 0.6) is 0 Å². The van der Waals surface area contributed by atoms with Gasteiger partial charge in [-0.1, -0.05) is 58.1 Å². The predicted molar refractivity (Wildman–Crippen MR) is 101 cm³/mol. The number of halogens is 4. The molecule has 0 bridgehead atoms. The van der Waals surface area contributed by atoms with E-state index >= 15 is 0 Å². The number of hydrogen-bond donors (Lipinski definition) is 0. The summed E-state index contributed by atoms with van der Waals surface area (Å²) in [6.45, 7) is 4.02. The molecule has 0 fully saturated rings. The van der Waals surface area contributed by atoms with Crippen molar-refractivity contribution >= 4 is 0 Å². The van der Waals surface area contributed by atoms with Crippen LogP contribution in [0, 0.1) is 23.3 Å². The largest absolute Gasteiger partial charge is 0.203 e. The van der Waals surface area contributed by atoms with E-state index in [1.165, 1.54) is 0 Å². The first kappa shape index (κ1) is 19.9. The summed E-state index contributed by atoms with van der Waals surface area (Å²) in [6, 6.07) is 3.25. The fourth-order valence-corrected chi connectivity index (χ4v) is 4.05. The van der Waals surface area contributed by atoms with Gasteiger partial charge in [-0.2, -0.15) is 0 Å². The second-order valence-corrected chi connectivity index (χ2v) is 7.49. The third-order valence-electron chi connectivity index (χ3n) is 5.43. The van der Waals surface area contributed by atoms with Crippen molar-refractivity contribution in [2.24, 2.45) is 0 Å². The molecule has 0 aliphatic heterocycles. The first-order chi connectivity index (χ1) is 13.0. The molecule has 2 aromatic carbocycles. The molecule has 0 amide bonds. The van der Waals surface area contributed by atoms with Crippen LogP contribution in [0.15, 0.2) is 12.1 Å². The Labute approximate surface area is 158 Å². The normalized spacial score (nSPS) is 12.4. The summed E-state index contributed by atoms with van der Waals surface area (Å²) in [5, 5.41) is 0. The van der Waals surface area contributed by atoms with Crippen LogP contribution in [-0.2, 0) is 19.3 Å². The van der Waals surface area contributed by atoms with Gasteiger partial charge < -0.3 is 0 Å². The molecular weight excluding hydrogens is 352 g/mol. The van der Waals surface area contributed by atoms with Crippen LogP contribution in [0.1, 0.15) is 74.6 Å². The molecule has 0 unspecified atom stereocenters. The minimum absolute atomic E-state index is 0.100. The number of benzene rings is 2. The molecule has 0 N–H and O–H groups in total. The fourth-order valence-electron chi connectivity index (χ4n) is 4.05. The number of unbranched alkanes of at least 4 members (excludes halogenated alkanes) is 4. The Morgan fingerprint density at radius 2 is 1.15 bits per heavy atom. The fraction of sp³-hybridized carbons (Fsp3) is 0.478. The Bertz CT molecular complexity index is 839. The standard InChI is InChI=1S/C23H26F4/c1-3-5-6-7-8-10-15-12-17-13-16-11-14(9-4-2)20(24)22(26)18(16)19(17)23(27)21(15)25/h11-12H,3-10,13H2,1-2H3. The first-order valence-electron chi connectivity index (χ1n) is 9.99. The molecule has 146 valence electrons. The molecule has 0 aromatic heterocycles. The summed E-state index contributed by atoms with van der Waals surface area (Å²) in [6.07, 6.45) is 7.02. The lowest BCUT2D eigenvalue weighted by molar-refractivity contribution is 0.490. The quantitative estimate of drug-likeness (QED) is 0.285. The van der Waals surface area contributed by atoms with Gasteiger partial charge in [-0.3, -0.25) is 0 Å². The molecule has 3 rings (SSSR count).